The molecule has 2 aromatic rings. The van der Waals surface area contributed by atoms with Crippen LogP contribution in [0.4, 0.5) is 11.4 Å². The Kier molecular flexibility index (Phi) is 4.03. The number of nitrogens with one attached hydrogen (secondary N) is 1. The van der Waals surface area contributed by atoms with E-state index >= 15 is 0 Å². The van der Waals surface area contributed by atoms with Gasteiger partial charge in [-0.15, -0.1) is 0 Å². The van der Waals surface area contributed by atoms with Crippen molar-refractivity contribution in [3.63, 3.8) is 0 Å². The van der Waals surface area contributed by atoms with Crippen molar-refractivity contribution >= 4 is 17.3 Å². The molecule has 98 valence electrons. The molecule has 2 aromatic carbocycles. The molecule has 19 heavy (non-hydrogen) atoms. The van der Waals surface area contributed by atoms with Crippen LogP contribution in [-0.4, -0.2) is 17.7 Å². The molecule has 0 atom stereocenters. The Hall–Kier alpha value is -2.49. The normalized spacial score (nSPS) is 9.95. The molecule has 4 nitrogen and oxygen atoms in total. The Morgan fingerprint density at radius 1 is 1.16 bits per heavy atom. The lowest BCUT2D eigenvalue weighted by atomic mass is 10.2. The fraction of sp³-hybridized carbons (Fsp3) is 0.133. The SMILES string of the molecule is CCOc1ccccc1Nc1ccc(C(=O)O)cc1. The molecule has 0 saturated carbocycles. The van der Waals surface area contributed by atoms with Gasteiger partial charge in [0.15, 0.2) is 0 Å². The molecule has 0 fully saturated rings. The first kappa shape index (κ1) is 13.0. The van der Waals surface area contributed by atoms with Gasteiger partial charge in [-0.3, -0.25) is 0 Å². The number of carboxylic acids is 1. The molecule has 0 aliphatic carbocycles. The summed E-state index contributed by atoms with van der Waals surface area (Å²) in [6.07, 6.45) is 0. The zero-order valence-corrected chi connectivity index (χ0v) is 10.6. The summed E-state index contributed by atoms with van der Waals surface area (Å²) in [4.78, 5) is 10.8. The number of aromatic carboxylic acids is 1. The molecule has 2 N–H and O–H groups in total. The van der Waals surface area contributed by atoms with Crippen molar-refractivity contribution in [2.45, 2.75) is 6.92 Å². The Balaban J connectivity index is 2.19. The van der Waals surface area contributed by atoms with Crippen molar-refractivity contribution in [1.29, 1.82) is 0 Å². The molecule has 0 aliphatic rings. The summed E-state index contributed by atoms with van der Waals surface area (Å²) in [5.41, 5.74) is 1.94. The molecular weight excluding hydrogens is 242 g/mol. The van der Waals surface area contributed by atoms with E-state index in [4.69, 9.17) is 9.84 Å². The predicted octanol–water partition coefficient (Wildman–Crippen LogP) is 3.53. The maximum atomic E-state index is 10.8. The zero-order valence-electron chi connectivity index (χ0n) is 10.6. The van der Waals surface area contributed by atoms with Gasteiger partial charge in [-0.1, -0.05) is 12.1 Å². The molecule has 0 saturated heterocycles. The third-order valence-corrected chi connectivity index (χ3v) is 2.60. The van der Waals surface area contributed by atoms with E-state index in [1.54, 1.807) is 24.3 Å². The van der Waals surface area contributed by atoms with Gasteiger partial charge in [0.2, 0.25) is 0 Å². The Labute approximate surface area is 111 Å². The molecule has 0 spiro atoms. The number of hydrogen-bond donors (Lipinski definition) is 2. The average Bonchev–Trinajstić information content (AvgIpc) is 2.42. The minimum absolute atomic E-state index is 0.267. The molecule has 0 aromatic heterocycles. The molecule has 0 aliphatic heterocycles. The average molecular weight is 257 g/mol. The maximum Gasteiger partial charge on any atom is 0.335 e. The van der Waals surface area contributed by atoms with Gasteiger partial charge in [-0.05, 0) is 43.3 Å². The summed E-state index contributed by atoms with van der Waals surface area (Å²) >= 11 is 0. The van der Waals surface area contributed by atoms with E-state index in [2.05, 4.69) is 5.32 Å². The van der Waals surface area contributed by atoms with Crippen molar-refractivity contribution < 1.29 is 14.6 Å². The van der Waals surface area contributed by atoms with E-state index in [-0.39, 0.29) is 5.56 Å². The summed E-state index contributed by atoms with van der Waals surface area (Å²) < 4.78 is 5.51. The van der Waals surface area contributed by atoms with E-state index in [1.165, 1.54) is 0 Å². The highest BCUT2D eigenvalue weighted by Crippen LogP contribution is 2.27. The first-order chi connectivity index (χ1) is 9.20. The van der Waals surface area contributed by atoms with Gasteiger partial charge in [0.1, 0.15) is 5.75 Å². The molecule has 4 heteroatoms. The van der Waals surface area contributed by atoms with Gasteiger partial charge in [-0.2, -0.15) is 0 Å². The quantitative estimate of drug-likeness (QED) is 0.860. The van der Waals surface area contributed by atoms with Crippen LogP contribution < -0.4 is 10.1 Å². The second-order valence-electron chi connectivity index (χ2n) is 3.94. The number of hydrogen-bond acceptors (Lipinski definition) is 3. The molecule has 2 rings (SSSR count). The number of ether oxygens (including phenoxy) is 1. The summed E-state index contributed by atoms with van der Waals surface area (Å²) in [7, 11) is 0. The van der Waals surface area contributed by atoms with Crippen LogP contribution in [0.15, 0.2) is 48.5 Å². The van der Waals surface area contributed by atoms with Gasteiger partial charge in [0.25, 0.3) is 0 Å². The van der Waals surface area contributed by atoms with E-state index in [9.17, 15) is 4.79 Å². The maximum absolute atomic E-state index is 10.8. The summed E-state index contributed by atoms with van der Waals surface area (Å²) in [6.45, 7) is 2.52. The molecule has 0 unspecified atom stereocenters. The van der Waals surface area contributed by atoms with Gasteiger partial charge < -0.3 is 15.2 Å². The largest absolute Gasteiger partial charge is 0.492 e. The van der Waals surface area contributed by atoms with Gasteiger partial charge >= 0.3 is 5.97 Å². The highest BCUT2D eigenvalue weighted by Gasteiger charge is 2.04. The van der Waals surface area contributed by atoms with Crippen LogP contribution in [0.3, 0.4) is 0 Å². The molecule has 0 amide bonds. The fourth-order valence-corrected chi connectivity index (χ4v) is 1.70. The first-order valence-electron chi connectivity index (χ1n) is 6.03. The second-order valence-corrected chi connectivity index (χ2v) is 3.94. The van der Waals surface area contributed by atoms with Crippen LogP contribution in [0.1, 0.15) is 17.3 Å². The molecule has 0 heterocycles. The first-order valence-corrected chi connectivity index (χ1v) is 6.03. The van der Waals surface area contributed by atoms with Crippen molar-refractivity contribution in [3.8, 4) is 5.75 Å². The van der Waals surface area contributed by atoms with Gasteiger partial charge in [0, 0.05) is 5.69 Å². The smallest absolute Gasteiger partial charge is 0.335 e. The van der Waals surface area contributed by atoms with Crippen molar-refractivity contribution in [2.75, 3.05) is 11.9 Å². The monoisotopic (exact) mass is 257 g/mol. The van der Waals surface area contributed by atoms with E-state index in [0.29, 0.717) is 6.61 Å². The number of carboxylic acid groups (broad SMARTS) is 1. The van der Waals surface area contributed by atoms with Gasteiger partial charge in [-0.25, -0.2) is 4.79 Å². The fourth-order valence-electron chi connectivity index (χ4n) is 1.70. The lowest BCUT2D eigenvalue weighted by Crippen LogP contribution is -1.99. The van der Waals surface area contributed by atoms with Crippen molar-refractivity contribution in [2.24, 2.45) is 0 Å². The van der Waals surface area contributed by atoms with Crippen LogP contribution >= 0.6 is 0 Å². The van der Waals surface area contributed by atoms with Crippen LogP contribution in [0, 0.1) is 0 Å². The predicted molar refractivity (Wildman–Crippen MR) is 74.3 cm³/mol. The highest BCUT2D eigenvalue weighted by atomic mass is 16.5. The number of carbonyl (C=O) groups is 1. The van der Waals surface area contributed by atoms with Crippen LogP contribution in [-0.2, 0) is 0 Å². The molecule has 0 bridgehead atoms. The molecule has 0 radical (unpaired) electrons. The lowest BCUT2D eigenvalue weighted by molar-refractivity contribution is 0.0697. The highest BCUT2D eigenvalue weighted by molar-refractivity contribution is 5.88. The van der Waals surface area contributed by atoms with E-state index in [0.717, 1.165) is 17.1 Å². The number of para-hydroxylation sites is 2. The Bertz CT molecular complexity index is 564. The van der Waals surface area contributed by atoms with Crippen molar-refractivity contribution in [1.82, 2.24) is 0 Å². The van der Waals surface area contributed by atoms with Crippen LogP contribution in [0.5, 0.6) is 5.75 Å². The van der Waals surface area contributed by atoms with Crippen LogP contribution in [0.25, 0.3) is 0 Å². The van der Waals surface area contributed by atoms with Gasteiger partial charge in [0.05, 0.1) is 17.9 Å². The third kappa shape index (κ3) is 3.25. The Morgan fingerprint density at radius 3 is 2.47 bits per heavy atom. The summed E-state index contributed by atoms with van der Waals surface area (Å²) in [5.74, 6) is -0.159. The number of rotatable bonds is 5. The number of anilines is 2. The number of benzene rings is 2. The Morgan fingerprint density at radius 2 is 1.84 bits per heavy atom. The standard InChI is InChI=1S/C15H15NO3/c1-2-19-14-6-4-3-5-13(14)16-12-9-7-11(8-10-12)15(17)18/h3-10,16H,2H2,1H3,(H,17,18). The third-order valence-electron chi connectivity index (χ3n) is 2.60. The van der Waals surface area contributed by atoms with Crippen LogP contribution in [0.2, 0.25) is 0 Å². The molecular formula is C15H15NO3. The second kappa shape index (κ2) is 5.91. The summed E-state index contributed by atoms with van der Waals surface area (Å²) in [6, 6.07) is 14.2. The topological polar surface area (TPSA) is 58.6 Å². The minimum atomic E-state index is -0.929. The minimum Gasteiger partial charge on any atom is -0.492 e. The van der Waals surface area contributed by atoms with Crippen molar-refractivity contribution in [3.05, 3.63) is 54.1 Å². The van der Waals surface area contributed by atoms with E-state index < -0.39 is 5.97 Å². The van der Waals surface area contributed by atoms with E-state index in [1.807, 2.05) is 31.2 Å². The summed E-state index contributed by atoms with van der Waals surface area (Å²) in [5, 5.41) is 12.0. The lowest BCUT2D eigenvalue weighted by Gasteiger charge is -2.12. The zero-order chi connectivity index (χ0) is 13.7.